The molecule has 0 rings (SSSR count). The van der Waals surface area contributed by atoms with Crippen LogP contribution < -0.4 is 5.11 Å². The fourth-order valence-corrected chi connectivity index (χ4v) is 8.63. The van der Waals surface area contributed by atoms with Crippen molar-refractivity contribution in [3.8, 4) is 0 Å². The molecule has 0 aliphatic heterocycles. The van der Waals surface area contributed by atoms with E-state index in [2.05, 4.69) is 38.2 Å². The van der Waals surface area contributed by atoms with Gasteiger partial charge >= 0.3 is 11.9 Å². The van der Waals surface area contributed by atoms with E-state index >= 15 is 0 Å². The number of hydrogen-bond acceptors (Lipinski definition) is 8. The Morgan fingerprint density at radius 2 is 0.783 bits per heavy atom. The Morgan fingerprint density at radius 3 is 1.16 bits per heavy atom. The lowest BCUT2D eigenvalue weighted by Crippen LogP contribution is -2.44. The van der Waals surface area contributed by atoms with Crippen LogP contribution in [-0.4, -0.2) is 82.3 Å². The molecule has 0 aliphatic rings. The molecule has 0 aliphatic carbocycles. The molecule has 0 amide bonds. The molecule has 0 radical (unpaired) electrons. The van der Waals surface area contributed by atoms with E-state index in [-0.39, 0.29) is 32.2 Å². The van der Waals surface area contributed by atoms with Crippen molar-refractivity contribution in [2.75, 3.05) is 47.5 Å². The minimum Gasteiger partial charge on any atom is -0.545 e. The lowest BCUT2D eigenvalue weighted by molar-refractivity contribution is -0.870. The number of aliphatic carboxylic acids is 1. The van der Waals surface area contributed by atoms with Crippen LogP contribution in [-0.2, 0) is 33.3 Å². The molecule has 0 spiro atoms. The van der Waals surface area contributed by atoms with Gasteiger partial charge in [0.2, 0.25) is 0 Å². The molecule has 0 N–H and O–H groups in total. The normalized spacial score (nSPS) is 12.9. The highest BCUT2D eigenvalue weighted by Crippen LogP contribution is 2.17. The Morgan fingerprint density at radius 1 is 0.435 bits per heavy atom. The van der Waals surface area contributed by atoms with Gasteiger partial charge in [-0.25, -0.2) is 0 Å². The molecule has 69 heavy (non-hydrogen) atoms. The predicted molar refractivity (Wildman–Crippen MR) is 288 cm³/mol. The van der Waals surface area contributed by atoms with Gasteiger partial charge in [-0.1, -0.05) is 250 Å². The molecular formula is C60H113NO8. The third-order valence-corrected chi connectivity index (χ3v) is 13.2. The molecule has 9 heteroatoms. The summed E-state index contributed by atoms with van der Waals surface area (Å²) in [7, 11) is 5.93. The Labute approximate surface area is 427 Å². The first kappa shape index (κ1) is 66.8. The Bertz CT molecular complexity index is 1180. The van der Waals surface area contributed by atoms with Crippen molar-refractivity contribution in [1.29, 1.82) is 0 Å². The van der Waals surface area contributed by atoms with Gasteiger partial charge in [0.05, 0.1) is 40.3 Å². The van der Waals surface area contributed by atoms with E-state index in [0.29, 0.717) is 23.9 Å². The van der Waals surface area contributed by atoms with Crippen LogP contribution in [0.1, 0.15) is 284 Å². The molecular weight excluding hydrogens is 863 g/mol. The maximum Gasteiger partial charge on any atom is 0.306 e. The number of esters is 2. The Balaban J connectivity index is 4.17. The quantitative estimate of drug-likeness (QED) is 0.0195. The van der Waals surface area contributed by atoms with E-state index in [0.717, 1.165) is 51.4 Å². The molecule has 0 bridgehead atoms. The van der Waals surface area contributed by atoms with Crippen LogP contribution in [0.15, 0.2) is 24.3 Å². The van der Waals surface area contributed by atoms with E-state index < -0.39 is 24.3 Å². The van der Waals surface area contributed by atoms with Gasteiger partial charge in [-0.05, 0) is 44.9 Å². The highest BCUT2D eigenvalue weighted by molar-refractivity contribution is 5.70. The first-order valence-electron chi connectivity index (χ1n) is 29.5. The largest absolute Gasteiger partial charge is 0.545 e. The summed E-state index contributed by atoms with van der Waals surface area (Å²) in [5.74, 6) is -2.27. The van der Waals surface area contributed by atoms with Gasteiger partial charge in [-0.15, -0.1) is 0 Å². The molecule has 0 saturated carbocycles. The average Bonchev–Trinajstić information content (AvgIpc) is 3.31. The van der Waals surface area contributed by atoms with Gasteiger partial charge in [0.1, 0.15) is 13.2 Å². The van der Waals surface area contributed by atoms with Crippen molar-refractivity contribution >= 4 is 17.9 Å². The van der Waals surface area contributed by atoms with Crippen LogP contribution in [0.5, 0.6) is 0 Å². The molecule has 0 aromatic carbocycles. The monoisotopic (exact) mass is 976 g/mol. The van der Waals surface area contributed by atoms with Crippen LogP contribution in [0.25, 0.3) is 0 Å². The van der Waals surface area contributed by atoms with Crippen LogP contribution in [0.2, 0.25) is 0 Å². The van der Waals surface area contributed by atoms with Gasteiger partial charge in [-0.2, -0.15) is 0 Å². The summed E-state index contributed by atoms with van der Waals surface area (Å²) in [5.41, 5.74) is 0. The lowest BCUT2D eigenvalue weighted by Gasteiger charge is -2.26. The van der Waals surface area contributed by atoms with E-state index in [1.54, 1.807) is 0 Å². The summed E-state index contributed by atoms with van der Waals surface area (Å²) in [6.07, 6.45) is 58.0. The number of carboxylic acids is 1. The van der Waals surface area contributed by atoms with E-state index in [9.17, 15) is 19.5 Å². The predicted octanol–water partition coefficient (Wildman–Crippen LogP) is 15.8. The number of allylic oxidation sites excluding steroid dienone is 4. The molecule has 0 aromatic rings. The van der Waals surface area contributed by atoms with Gasteiger partial charge in [0.15, 0.2) is 12.4 Å². The molecule has 406 valence electrons. The van der Waals surface area contributed by atoms with Crippen molar-refractivity contribution in [3.05, 3.63) is 24.3 Å². The Hall–Kier alpha value is -2.23. The Kier molecular flexibility index (Phi) is 50.4. The highest BCUT2D eigenvalue weighted by atomic mass is 16.7. The van der Waals surface area contributed by atoms with E-state index in [1.165, 1.54) is 199 Å². The fraction of sp³-hybridized carbons (Fsp3) is 0.883. The van der Waals surface area contributed by atoms with Crippen LogP contribution in [0.4, 0.5) is 0 Å². The number of unbranched alkanes of at least 4 members (excludes halogenated alkanes) is 36. The maximum atomic E-state index is 12.8. The number of nitrogens with zero attached hydrogens (tertiary/aromatic N) is 1. The standard InChI is InChI=1S/C60H113NO8/c1-6-8-10-12-14-16-18-20-22-24-26-27-28-29-30-31-32-33-35-36-38-40-42-44-46-48-50-57(62)67-54-56(55-68-60(59(64)65)66-53-52-61(3,4)5)69-58(63)51-49-47-45-43-41-39-37-34-25-23-21-19-17-15-13-11-9-7-2/h17,19,23,25,56,60H,6-16,18,20-22,24,26-55H2,1-5H3/b19-17-,25-23-. The van der Waals surface area contributed by atoms with Crippen molar-refractivity contribution in [2.24, 2.45) is 0 Å². The summed E-state index contributed by atoms with van der Waals surface area (Å²) in [4.78, 5) is 37.3. The number of likely N-dealkylation sites (N-methyl/N-ethyl adjacent to an activating group) is 1. The number of hydrogen-bond donors (Lipinski definition) is 0. The van der Waals surface area contributed by atoms with E-state index in [4.69, 9.17) is 18.9 Å². The number of ether oxygens (including phenoxy) is 4. The second-order valence-electron chi connectivity index (χ2n) is 21.3. The molecule has 0 heterocycles. The van der Waals surface area contributed by atoms with Crippen molar-refractivity contribution in [2.45, 2.75) is 296 Å². The van der Waals surface area contributed by atoms with Crippen LogP contribution >= 0.6 is 0 Å². The third-order valence-electron chi connectivity index (χ3n) is 13.2. The second-order valence-corrected chi connectivity index (χ2v) is 21.3. The smallest absolute Gasteiger partial charge is 0.306 e. The molecule has 2 unspecified atom stereocenters. The number of carbonyl (C=O) groups is 3. The average molecular weight is 977 g/mol. The number of rotatable bonds is 55. The summed E-state index contributed by atoms with van der Waals surface area (Å²) in [6.45, 7) is 4.77. The summed E-state index contributed by atoms with van der Waals surface area (Å²) in [5, 5.41) is 11.8. The zero-order chi connectivity index (χ0) is 50.6. The molecule has 0 aromatic heterocycles. The number of carbonyl (C=O) groups excluding carboxylic acids is 3. The maximum absolute atomic E-state index is 12.8. The zero-order valence-corrected chi connectivity index (χ0v) is 46.2. The van der Waals surface area contributed by atoms with Crippen LogP contribution in [0.3, 0.4) is 0 Å². The molecule has 2 atom stereocenters. The van der Waals surface area contributed by atoms with Gasteiger partial charge < -0.3 is 33.3 Å². The van der Waals surface area contributed by atoms with Crippen molar-refractivity contribution in [1.82, 2.24) is 0 Å². The number of quaternary nitrogens is 1. The second kappa shape index (κ2) is 52.1. The third kappa shape index (κ3) is 53.4. The van der Waals surface area contributed by atoms with E-state index in [1.807, 2.05) is 21.1 Å². The summed E-state index contributed by atoms with van der Waals surface area (Å²) < 4.78 is 22.7. The van der Waals surface area contributed by atoms with Gasteiger partial charge in [-0.3, -0.25) is 9.59 Å². The topological polar surface area (TPSA) is 111 Å². The SMILES string of the molecule is CCCCCC/C=C\C/C=C\CCCCCCCCCC(=O)OC(COC(=O)CCCCCCCCCCCCCCCCCCCCCCCCCCCC)COC(OCC[N+](C)(C)C)C(=O)[O-]. The highest BCUT2D eigenvalue weighted by Gasteiger charge is 2.22. The molecule has 0 fully saturated rings. The minimum absolute atomic E-state index is 0.148. The summed E-state index contributed by atoms with van der Waals surface area (Å²) in [6, 6.07) is 0. The van der Waals surface area contributed by atoms with Crippen molar-refractivity contribution in [3.63, 3.8) is 0 Å². The van der Waals surface area contributed by atoms with Gasteiger partial charge in [0, 0.05) is 12.8 Å². The first-order chi connectivity index (χ1) is 33.6. The van der Waals surface area contributed by atoms with Crippen molar-refractivity contribution < 1.29 is 42.9 Å². The lowest BCUT2D eigenvalue weighted by atomic mass is 10.0. The minimum atomic E-state index is -1.62. The molecule has 0 saturated heterocycles. The first-order valence-corrected chi connectivity index (χ1v) is 29.5. The number of carboxylic acid groups (broad SMARTS) is 1. The summed E-state index contributed by atoms with van der Waals surface area (Å²) >= 11 is 0. The molecule has 9 nitrogen and oxygen atoms in total. The zero-order valence-electron chi connectivity index (χ0n) is 46.2. The fourth-order valence-electron chi connectivity index (χ4n) is 8.63. The van der Waals surface area contributed by atoms with Crippen LogP contribution in [0, 0.1) is 0 Å². The van der Waals surface area contributed by atoms with Gasteiger partial charge in [0.25, 0.3) is 0 Å².